The maximum absolute atomic E-state index is 13.1. The van der Waals surface area contributed by atoms with Crippen LogP contribution in [0.3, 0.4) is 0 Å². The topological polar surface area (TPSA) is 92.1 Å². The van der Waals surface area contributed by atoms with Gasteiger partial charge in [-0.15, -0.1) is 0 Å². The number of ether oxygens (including phenoxy) is 1. The Labute approximate surface area is 153 Å². The summed E-state index contributed by atoms with van der Waals surface area (Å²) in [5, 5.41) is 12.4. The molecule has 0 saturated heterocycles. The number of thiazole rings is 1. The van der Waals surface area contributed by atoms with Gasteiger partial charge in [-0.1, -0.05) is 11.3 Å². The van der Waals surface area contributed by atoms with Gasteiger partial charge in [0.05, 0.1) is 0 Å². The van der Waals surface area contributed by atoms with E-state index in [1.165, 1.54) is 12.1 Å². The Bertz CT molecular complexity index is 836. The van der Waals surface area contributed by atoms with Gasteiger partial charge in [0.2, 0.25) is 5.91 Å². The number of carbonyl (C=O) groups is 2. The Hall–Kier alpha value is -2.79. The molecule has 0 bridgehead atoms. The Morgan fingerprint density at radius 3 is 2.62 bits per heavy atom. The number of nitriles is 1. The number of carbonyl (C=O) groups excluding carboxylic acids is 2. The molecule has 1 heterocycles. The summed E-state index contributed by atoms with van der Waals surface area (Å²) in [5.74, 6) is -0.700. The number of aromatic nitrogens is 1. The van der Waals surface area contributed by atoms with Crippen LogP contribution in [0.2, 0.25) is 0 Å². The second-order valence-electron chi connectivity index (χ2n) is 6.01. The number of nitrogens with one attached hydrogen (secondary N) is 1. The molecule has 1 aromatic heterocycles. The smallest absolute Gasteiger partial charge is 0.293 e. The number of anilines is 1. The van der Waals surface area contributed by atoms with Crippen molar-refractivity contribution in [3.8, 4) is 17.3 Å². The van der Waals surface area contributed by atoms with Gasteiger partial charge in [-0.3, -0.25) is 9.59 Å². The molecule has 8 heteroatoms. The van der Waals surface area contributed by atoms with Crippen LogP contribution < -0.4 is 5.32 Å². The summed E-state index contributed by atoms with van der Waals surface area (Å²) < 4.78 is 18.0. The van der Waals surface area contributed by atoms with E-state index in [9.17, 15) is 19.2 Å². The molecule has 2 aromatic rings. The van der Waals surface area contributed by atoms with Gasteiger partial charge in [-0.25, -0.2) is 9.37 Å². The van der Waals surface area contributed by atoms with E-state index in [1.807, 2.05) is 0 Å². The van der Waals surface area contributed by atoms with Crippen LogP contribution in [-0.2, 0) is 14.3 Å². The zero-order valence-corrected chi connectivity index (χ0v) is 14.6. The zero-order chi connectivity index (χ0) is 18.5. The highest BCUT2D eigenvalue weighted by Gasteiger charge is 2.28. The molecule has 0 unspecified atom stereocenters. The van der Waals surface area contributed by atoms with Crippen LogP contribution in [0.4, 0.5) is 9.52 Å². The van der Waals surface area contributed by atoms with Crippen molar-refractivity contribution in [1.82, 2.24) is 4.98 Å². The van der Waals surface area contributed by atoms with Crippen molar-refractivity contribution in [3.63, 3.8) is 0 Å². The van der Waals surface area contributed by atoms with Gasteiger partial charge >= 0.3 is 0 Å². The molecule has 3 rings (SSSR count). The van der Waals surface area contributed by atoms with Crippen molar-refractivity contribution in [1.29, 1.82) is 5.26 Å². The molecule has 0 atom stereocenters. The molecular weight excluding hydrogens is 357 g/mol. The van der Waals surface area contributed by atoms with Gasteiger partial charge in [0.25, 0.3) is 6.47 Å². The SMILES string of the molecule is N#Cc1sc(NC(=O)C2CCC(OC=O)CC2)nc1-c1ccc(F)cc1. The van der Waals surface area contributed by atoms with E-state index in [1.54, 1.807) is 12.1 Å². The Morgan fingerprint density at radius 1 is 1.31 bits per heavy atom. The van der Waals surface area contributed by atoms with E-state index in [-0.39, 0.29) is 23.7 Å². The molecule has 1 saturated carbocycles. The summed E-state index contributed by atoms with van der Waals surface area (Å²) in [6.07, 6.45) is 2.45. The quantitative estimate of drug-likeness (QED) is 0.810. The van der Waals surface area contributed by atoms with Crippen LogP contribution in [0, 0.1) is 23.1 Å². The van der Waals surface area contributed by atoms with E-state index in [0.29, 0.717) is 53.4 Å². The van der Waals surface area contributed by atoms with Crippen LogP contribution in [-0.4, -0.2) is 23.5 Å². The minimum atomic E-state index is -0.370. The summed E-state index contributed by atoms with van der Waals surface area (Å²) >= 11 is 1.09. The van der Waals surface area contributed by atoms with Gasteiger partial charge in [-0.2, -0.15) is 5.26 Å². The number of rotatable bonds is 5. The summed E-state index contributed by atoms with van der Waals surface area (Å²) in [7, 11) is 0. The number of benzene rings is 1. The second-order valence-corrected chi connectivity index (χ2v) is 7.01. The maximum Gasteiger partial charge on any atom is 0.293 e. The zero-order valence-electron chi connectivity index (χ0n) is 13.8. The second kappa shape index (κ2) is 8.06. The summed E-state index contributed by atoms with van der Waals surface area (Å²) in [4.78, 5) is 27.5. The molecule has 1 fully saturated rings. The molecule has 0 aliphatic heterocycles. The van der Waals surface area contributed by atoms with E-state index < -0.39 is 0 Å². The monoisotopic (exact) mass is 373 g/mol. The number of hydrogen-bond acceptors (Lipinski definition) is 6. The maximum atomic E-state index is 13.1. The van der Waals surface area contributed by atoms with Crippen LogP contribution in [0.15, 0.2) is 24.3 Å². The van der Waals surface area contributed by atoms with Crippen molar-refractivity contribution in [2.45, 2.75) is 31.8 Å². The Morgan fingerprint density at radius 2 is 2.00 bits per heavy atom. The predicted molar refractivity (Wildman–Crippen MR) is 93.7 cm³/mol. The van der Waals surface area contributed by atoms with Gasteiger partial charge in [0.1, 0.15) is 28.6 Å². The molecule has 1 aliphatic rings. The normalized spacial score (nSPS) is 19.4. The fourth-order valence-corrected chi connectivity index (χ4v) is 3.79. The largest absolute Gasteiger partial charge is 0.465 e. The molecule has 1 aromatic carbocycles. The van der Waals surface area contributed by atoms with Crippen molar-refractivity contribution in [2.24, 2.45) is 5.92 Å². The minimum Gasteiger partial charge on any atom is -0.465 e. The first kappa shape index (κ1) is 18.0. The third-order valence-electron chi connectivity index (χ3n) is 4.37. The molecule has 0 radical (unpaired) electrons. The molecule has 1 amide bonds. The van der Waals surface area contributed by atoms with E-state index in [2.05, 4.69) is 16.4 Å². The van der Waals surface area contributed by atoms with Gasteiger partial charge in [-0.05, 0) is 49.9 Å². The lowest BCUT2D eigenvalue weighted by Gasteiger charge is -2.26. The molecule has 1 N–H and O–H groups in total. The first-order valence-electron chi connectivity index (χ1n) is 8.17. The van der Waals surface area contributed by atoms with E-state index in [4.69, 9.17) is 4.74 Å². The lowest BCUT2D eigenvalue weighted by molar-refractivity contribution is -0.135. The van der Waals surface area contributed by atoms with E-state index >= 15 is 0 Å². The average Bonchev–Trinajstić information content (AvgIpc) is 3.06. The average molecular weight is 373 g/mol. The van der Waals surface area contributed by atoms with E-state index in [0.717, 1.165) is 11.3 Å². The first-order chi connectivity index (χ1) is 12.6. The van der Waals surface area contributed by atoms with Crippen LogP contribution in [0.5, 0.6) is 0 Å². The molecule has 134 valence electrons. The van der Waals surface area contributed by atoms with Crippen LogP contribution in [0.1, 0.15) is 30.6 Å². The number of nitrogens with zero attached hydrogens (tertiary/aromatic N) is 2. The number of hydrogen-bond donors (Lipinski definition) is 1. The third-order valence-corrected chi connectivity index (χ3v) is 5.24. The highest BCUT2D eigenvalue weighted by Crippen LogP contribution is 2.32. The standard InChI is InChI=1S/C18H16FN3O3S/c19-13-5-1-11(2-6-13)16-15(9-20)26-18(21-16)22-17(24)12-3-7-14(8-4-12)25-10-23/h1-2,5-6,10,12,14H,3-4,7-8H2,(H,21,22,24). The Kier molecular flexibility index (Phi) is 5.58. The molecule has 26 heavy (non-hydrogen) atoms. The number of amides is 1. The van der Waals surface area contributed by atoms with Crippen molar-refractivity contribution >= 4 is 28.8 Å². The van der Waals surface area contributed by atoms with Crippen molar-refractivity contribution < 1.29 is 18.7 Å². The predicted octanol–water partition coefficient (Wildman–Crippen LogP) is 3.49. The Balaban J connectivity index is 1.69. The first-order valence-corrected chi connectivity index (χ1v) is 8.99. The minimum absolute atomic E-state index is 0.119. The van der Waals surface area contributed by atoms with Crippen LogP contribution in [0.25, 0.3) is 11.3 Å². The highest BCUT2D eigenvalue weighted by molar-refractivity contribution is 7.16. The third kappa shape index (κ3) is 4.06. The van der Waals surface area contributed by atoms with Gasteiger partial charge < -0.3 is 10.1 Å². The molecule has 0 spiro atoms. The molecule has 6 nitrogen and oxygen atoms in total. The van der Waals surface area contributed by atoms with Gasteiger partial charge in [0.15, 0.2) is 5.13 Å². The fourth-order valence-electron chi connectivity index (χ4n) is 3.00. The van der Waals surface area contributed by atoms with Crippen molar-refractivity contribution in [2.75, 3.05) is 5.32 Å². The van der Waals surface area contributed by atoms with Crippen molar-refractivity contribution in [3.05, 3.63) is 35.0 Å². The number of halogens is 1. The highest BCUT2D eigenvalue weighted by atomic mass is 32.1. The fraction of sp³-hybridized carbons (Fsp3) is 0.333. The molecular formula is C18H16FN3O3S. The summed E-state index contributed by atoms with van der Waals surface area (Å²) in [6, 6.07) is 7.76. The lowest BCUT2D eigenvalue weighted by atomic mass is 9.87. The summed E-state index contributed by atoms with van der Waals surface area (Å²) in [5.41, 5.74) is 1.04. The van der Waals surface area contributed by atoms with Gasteiger partial charge in [0, 0.05) is 11.5 Å². The summed E-state index contributed by atoms with van der Waals surface area (Å²) in [6.45, 7) is 0.445. The molecule has 1 aliphatic carbocycles. The van der Waals surface area contributed by atoms with Crippen LogP contribution >= 0.6 is 11.3 Å². The lowest BCUT2D eigenvalue weighted by Crippen LogP contribution is -2.29.